The van der Waals surface area contributed by atoms with E-state index in [1.807, 2.05) is 36.4 Å². The van der Waals surface area contributed by atoms with Crippen molar-refractivity contribution in [2.24, 2.45) is 0 Å². The van der Waals surface area contributed by atoms with Gasteiger partial charge in [0.05, 0.1) is 12.6 Å². The van der Waals surface area contributed by atoms with Crippen molar-refractivity contribution in [2.45, 2.75) is 6.54 Å². The van der Waals surface area contributed by atoms with Gasteiger partial charge in [-0.1, -0.05) is 30.8 Å². The fraction of sp³-hybridized carbons (Fsp3) is 0.150. The van der Waals surface area contributed by atoms with E-state index in [0.717, 1.165) is 16.7 Å². The molecule has 0 spiro atoms. The zero-order valence-corrected chi connectivity index (χ0v) is 13.9. The van der Waals surface area contributed by atoms with Gasteiger partial charge in [0.1, 0.15) is 0 Å². The van der Waals surface area contributed by atoms with Gasteiger partial charge in [-0.15, -0.1) is 0 Å². The number of rotatable bonds is 4. The van der Waals surface area contributed by atoms with E-state index in [1.54, 1.807) is 24.1 Å². The average Bonchev–Trinajstić information content (AvgIpc) is 2.96. The molecule has 1 aliphatic rings. The summed E-state index contributed by atoms with van der Waals surface area (Å²) in [5, 5.41) is 11.5. The molecule has 3 rings (SSSR count). The Balaban J connectivity index is 2.01. The third kappa shape index (κ3) is 3.02. The van der Waals surface area contributed by atoms with Crippen LogP contribution in [0.25, 0.3) is 11.1 Å². The van der Waals surface area contributed by atoms with Crippen LogP contribution in [0.1, 0.15) is 26.3 Å². The van der Waals surface area contributed by atoms with Crippen molar-refractivity contribution >= 4 is 11.8 Å². The lowest BCUT2D eigenvalue weighted by atomic mass is 9.95. The van der Waals surface area contributed by atoms with Gasteiger partial charge in [-0.3, -0.25) is 9.59 Å². The Morgan fingerprint density at radius 3 is 2.72 bits per heavy atom. The van der Waals surface area contributed by atoms with Gasteiger partial charge in [0.25, 0.3) is 11.8 Å². The summed E-state index contributed by atoms with van der Waals surface area (Å²) in [6.07, 6.45) is 0. The molecule has 0 saturated heterocycles. The van der Waals surface area contributed by atoms with Crippen molar-refractivity contribution in [2.75, 3.05) is 13.6 Å². The van der Waals surface area contributed by atoms with Crippen LogP contribution in [0, 0.1) is 11.3 Å². The standard InChI is InChI=1S/C20H17N3O2/c1-13(10-21)11-23-12-18-16(7-4-8-17(18)20(23)25)14-5-3-6-15(9-14)19(24)22-2/h3-9H,1,11-12H2,2H3,(H,22,24). The zero-order valence-electron chi connectivity index (χ0n) is 13.9. The molecule has 2 aromatic carbocycles. The minimum atomic E-state index is -0.155. The first-order valence-electron chi connectivity index (χ1n) is 7.86. The van der Waals surface area contributed by atoms with E-state index in [9.17, 15) is 9.59 Å². The van der Waals surface area contributed by atoms with Crippen molar-refractivity contribution < 1.29 is 9.59 Å². The Kier molecular flexibility index (Phi) is 4.36. The lowest BCUT2D eigenvalue weighted by Gasteiger charge is -2.14. The summed E-state index contributed by atoms with van der Waals surface area (Å²) < 4.78 is 0. The smallest absolute Gasteiger partial charge is 0.254 e. The van der Waals surface area contributed by atoms with Gasteiger partial charge in [-0.05, 0) is 34.9 Å². The molecular formula is C20H17N3O2. The predicted octanol–water partition coefficient (Wildman–Crippen LogP) is 2.75. The molecule has 0 fully saturated rings. The number of hydrogen-bond donors (Lipinski definition) is 1. The van der Waals surface area contributed by atoms with Crippen LogP contribution in [0.2, 0.25) is 0 Å². The van der Waals surface area contributed by atoms with Crippen LogP contribution < -0.4 is 5.32 Å². The van der Waals surface area contributed by atoms with Crippen LogP contribution in [0.4, 0.5) is 0 Å². The first-order valence-corrected chi connectivity index (χ1v) is 7.86. The molecule has 1 heterocycles. The Bertz CT molecular complexity index is 925. The summed E-state index contributed by atoms with van der Waals surface area (Å²) in [4.78, 5) is 26.1. The van der Waals surface area contributed by atoms with Crippen molar-refractivity contribution in [1.29, 1.82) is 5.26 Å². The molecule has 2 aromatic rings. The third-order valence-electron chi connectivity index (χ3n) is 4.25. The number of carbonyl (C=O) groups excluding carboxylic acids is 2. The summed E-state index contributed by atoms with van der Waals surface area (Å²) in [5.74, 6) is -0.256. The second-order valence-electron chi connectivity index (χ2n) is 5.87. The number of hydrogen-bond acceptors (Lipinski definition) is 3. The molecule has 1 N–H and O–H groups in total. The summed E-state index contributed by atoms with van der Waals surface area (Å²) in [7, 11) is 1.59. The summed E-state index contributed by atoms with van der Waals surface area (Å²) in [6.45, 7) is 4.31. The highest BCUT2D eigenvalue weighted by molar-refractivity contribution is 6.01. The highest BCUT2D eigenvalue weighted by atomic mass is 16.2. The maximum absolute atomic E-state index is 12.6. The maximum Gasteiger partial charge on any atom is 0.254 e. The number of fused-ring (bicyclic) bond motifs is 1. The number of nitrogens with one attached hydrogen (secondary N) is 1. The van der Waals surface area contributed by atoms with E-state index in [1.165, 1.54) is 0 Å². The van der Waals surface area contributed by atoms with Gasteiger partial charge >= 0.3 is 0 Å². The van der Waals surface area contributed by atoms with Gasteiger partial charge in [0.15, 0.2) is 0 Å². The number of carbonyl (C=O) groups is 2. The van der Waals surface area contributed by atoms with E-state index in [2.05, 4.69) is 11.9 Å². The second kappa shape index (κ2) is 6.62. The number of benzene rings is 2. The molecule has 0 atom stereocenters. The minimum Gasteiger partial charge on any atom is -0.355 e. The lowest BCUT2D eigenvalue weighted by molar-refractivity contribution is 0.0793. The van der Waals surface area contributed by atoms with E-state index in [4.69, 9.17) is 5.26 Å². The van der Waals surface area contributed by atoms with Gasteiger partial charge in [-0.25, -0.2) is 0 Å². The topological polar surface area (TPSA) is 73.2 Å². The van der Waals surface area contributed by atoms with E-state index in [0.29, 0.717) is 23.2 Å². The van der Waals surface area contributed by atoms with Gasteiger partial charge in [0.2, 0.25) is 0 Å². The molecule has 0 saturated carbocycles. The molecule has 1 aliphatic heterocycles. The Hall–Kier alpha value is -3.39. The molecule has 0 bridgehead atoms. The van der Waals surface area contributed by atoms with E-state index >= 15 is 0 Å². The molecule has 5 heteroatoms. The molecule has 0 radical (unpaired) electrons. The molecule has 0 unspecified atom stereocenters. The SMILES string of the molecule is C=C(C#N)CN1Cc2c(cccc2-c2cccc(C(=O)NC)c2)C1=O. The number of nitriles is 1. The van der Waals surface area contributed by atoms with Crippen molar-refractivity contribution in [3.8, 4) is 17.2 Å². The minimum absolute atomic E-state index is 0.101. The van der Waals surface area contributed by atoms with E-state index in [-0.39, 0.29) is 18.4 Å². The van der Waals surface area contributed by atoms with Crippen molar-refractivity contribution in [3.05, 3.63) is 71.3 Å². The zero-order chi connectivity index (χ0) is 18.0. The Morgan fingerprint density at radius 1 is 1.28 bits per heavy atom. The van der Waals surface area contributed by atoms with Crippen LogP contribution >= 0.6 is 0 Å². The van der Waals surface area contributed by atoms with Crippen LogP contribution in [-0.4, -0.2) is 30.3 Å². The summed E-state index contributed by atoms with van der Waals surface area (Å²) in [6, 6.07) is 14.9. The van der Waals surface area contributed by atoms with Crippen LogP contribution in [-0.2, 0) is 6.54 Å². The molecule has 124 valence electrons. The second-order valence-corrected chi connectivity index (χ2v) is 5.87. The third-order valence-corrected chi connectivity index (χ3v) is 4.25. The van der Waals surface area contributed by atoms with Crippen molar-refractivity contribution in [3.63, 3.8) is 0 Å². The monoisotopic (exact) mass is 331 g/mol. The van der Waals surface area contributed by atoms with Gasteiger partial charge in [-0.2, -0.15) is 5.26 Å². The number of amides is 2. The highest BCUT2D eigenvalue weighted by Crippen LogP contribution is 2.33. The average molecular weight is 331 g/mol. The molecule has 25 heavy (non-hydrogen) atoms. The van der Waals surface area contributed by atoms with Crippen LogP contribution in [0.15, 0.2) is 54.6 Å². The summed E-state index contributed by atoms with van der Waals surface area (Å²) >= 11 is 0. The first-order chi connectivity index (χ1) is 12.0. The van der Waals surface area contributed by atoms with Crippen LogP contribution in [0.3, 0.4) is 0 Å². The fourth-order valence-electron chi connectivity index (χ4n) is 3.03. The molecule has 0 aromatic heterocycles. The molecule has 5 nitrogen and oxygen atoms in total. The Labute approximate surface area is 146 Å². The molecular weight excluding hydrogens is 314 g/mol. The van der Waals surface area contributed by atoms with Crippen LogP contribution in [0.5, 0.6) is 0 Å². The quantitative estimate of drug-likeness (QED) is 0.876. The first kappa shape index (κ1) is 16.5. The highest BCUT2D eigenvalue weighted by Gasteiger charge is 2.29. The van der Waals surface area contributed by atoms with E-state index < -0.39 is 0 Å². The lowest BCUT2D eigenvalue weighted by Crippen LogP contribution is -2.25. The fourth-order valence-corrected chi connectivity index (χ4v) is 3.03. The normalized spacial score (nSPS) is 12.5. The summed E-state index contributed by atoms with van der Waals surface area (Å²) in [5.41, 5.74) is 4.26. The van der Waals surface area contributed by atoms with Gasteiger partial charge in [0, 0.05) is 30.3 Å². The molecule has 2 amide bonds. The Morgan fingerprint density at radius 2 is 2.00 bits per heavy atom. The maximum atomic E-state index is 12.6. The van der Waals surface area contributed by atoms with Gasteiger partial charge < -0.3 is 10.2 Å². The number of nitrogens with zero attached hydrogens (tertiary/aromatic N) is 2. The molecule has 0 aliphatic carbocycles. The predicted molar refractivity (Wildman–Crippen MR) is 94.8 cm³/mol. The van der Waals surface area contributed by atoms with Crippen molar-refractivity contribution in [1.82, 2.24) is 10.2 Å². The largest absolute Gasteiger partial charge is 0.355 e.